The SMILES string of the molecule is CCCSC(CCC(=O)NCCCC(=O)CCCCC(=O)NCCCC(C)C)CC(=O)C(C)C. The Morgan fingerprint density at radius 3 is 1.94 bits per heavy atom. The Morgan fingerprint density at radius 2 is 1.32 bits per heavy atom. The lowest BCUT2D eigenvalue weighted by Crippen LogP contribution is -2.26. The number of thioether (sulfide) groups is 1. The number of rotatable bonds is 22. The second-order valence-electron chi connectivity index (χ2n) is 9.94. The molecule has 2 N–H and O–H groups in total. The molecule has 0 bridgehead atoms. The predicted octanol–water partition coefficient (Wildman–Crippen LogP) is 5.47. The molecule has 1 unspecified atom stereocenters. The van der Waals surface area contributed by atoms with Crippen molar-refractivity contribution >= 4 is 35.1 Å². The average molecular weight is 499 g/mol. The molecule has 0 radical (unpaired) electrons. The number of unbranched alkanes of at least 4 members (excludes halogenated alkanes) is 1. The highest BCUT2D eigenvalue weighted by Gasteiger charge is 2.17. The molecule has 0 aliphatic heterocycles. The first-order valence-corrected chi connectivity index (χ1v) is 14.4. The summed E-state index contributed by atoms with van der Waals surface area (Å²) in [5.41, 5.74) is 0. The molecule has 0 heterocycles. The van der Waals surface area contributed by atoms with E-state index in [0.717, 1.165) is 44.4 Å². The zero-order valence-corrected chi connectivity index (χ0v) is 23.2. The van der Waals surface area contributed by atoms with Crippen LogP contribution in [0.2, 0.25) is 0 Å². The number of ketones is 2. The Kier molecular flexibility index (Phi) is 20.1. The highest BCUT2D eigenvalue weighted by molar-refractivity contribution is 7.99. The van der Waals surface area contributed by atoms with Gasteiger partial charge in [0.2, 0.25) is 11.8 Å². The molecule has 0 aromatic heterocycles. The van der Waals surface area contributed by atoms with Crippen molar-refractivity contribution in [3.05, 3.63) is 0 Å². The van der Waals surface area contributed by atoms with Gasteiger partial charge in [-0.1, -0.05) is 34.6 Å². The summed E-state index contributed by atoms with van der Waals surface area (Å²) in [6.45, 7) is 11.5. The van der Waals surface area contributed by atoms with Gasteiger partial charge in [0.05, 0.1) is 0 Å². The number of carbonyl (C=O) groups excluding carboxylic acids is 4. The fraction of sp³-hybridized carbons (Fsp3) is 0.852. The third kappa shape index (κ3) is 20.0. The van der Waals surface area contributed by atoms with Gasteiger partial charge in [0.1, 0.15) is 11.6 Å². The van der Waals surface area contributed by atoms with E-state index in [9.17, 15) is 19.2 Å². The predicted molar refractivity (Wildman–Crippen MR) is 143 cm³/mol. The molecule has 0 aromatic rings. The van der Waals surface area contributed by atoms with Crippen LogP contribution in [0.1, 0.15) is 112 Å². The molecule has 7 heteroatoms. The molecule has 0 aliphatic carbocycles. The summed E-state index contributed by atoms with van der Waals surface area (Å²) >= 11 is 1.79. The zero-order valence-electron chi connectivity index (χ0n) is 22.4. The van der Waals surface area contributed by atoms with Crippen LogP contribution in [0.15, 0.2) is 0 Å². The lowest BCUT2D eigenvalue weighted by molar-refractivity contribution is -0.123. The number of amides is 2. The van der Waals surface area contributed by atoms with Crippen LogP contribution in [-0.4, -0.2) is 47.5 Å². The summed E-state index contributed by atoms with van der Waals surface area (Å²) < 4.78 is 0. The Hall–Kier alpha value is -1.37. The van der Waals surface area contributed by atoms with Crippen molar-refractivity contribution in [1.29, 1.82) is 0 Å². The van der Waals surface area contributed by atoms with Gasteiger partial charge in [0.25, 0.3) is 0 Å². The van der Waals surface area contributed by atoms with Gasteiger partial charge in [0, 0.05) is 56.4 Å². The largest absolute Gasteiger partial charge is 0.356 e. The van der Waals surface area contributed by atoms with Gasteiger partial charge in [-0.3, -0.25) is 19.2 Å². The van der Waals surface area contributed by atoms with Crippen LogP contribution in [0.25, 0.3) is 0 Å². The van der Waals surface area contributed by atoms with Crippen LogP contribution in [-0.2, 0) is 19.2 Å². The van der Waals surface area contributed by atoms with Crippen molar-refractivity contribution < 1.29 is 19.2 Å². The first-order chi connectivity index (χ1) is 16.1. The van der Waals surface area contributed by atoms with Crippen LogP contribution in [0, 0.1) is 11.8 Å². The minimum Gasteiger partial charge on any atom is -0.356 e. The van der Waals surface area contributed by atoms with Gasteiger partial charge in [-0.25, -0.2) is 0 Å². The van der Waals surface area contributed by atoms with Gasteiger partial charge >= 0.3 is 0 Å². The number of nitrogens with one attached hydrogen (secondary N) is 2. The van der Waals surface area contributed by atoms with Gasteiger partial charge in [-0.15, -0.1) is 0 Å². The van der Waals surface area contributed by atoms with Crippen molar-refractivity contribution in [2.24, 2.45) is 11.8 Å². The maximum absolute atomic E-state index is 12.2. The summed E-state index contributed by atoms with van der Waals surface area (Å²) in [7, 11) is 0. The van der Waals surface area contributed by atoms with E-state index in [0.29, 0.717) is 57.4 Å². The molecule has 2 amide bonds. The van der Waals surface area contributed by atoms with Crippen molar-refractivity contribution in [3.63, 3.8) is 0 Å². The van der Waals surface area contributed by atoms with Crippen molar-refractivity contribution in [3.8, 4) is 0 Å². The first kappa shape index (κ1) is 32.6. The van der Waals surface area contributed by atoms with Gasteiger partial charge in [0.15, 0.2) is 0 Å². The Balaban J connectivity index is 3.85. The highest BCUT2D eigenvalue weighted by atomic mass is 32.2. The topological polar surface area (TPSA) is 92.3 Å². The van der Waals surface area contributed by atoms with Crippen LogP contribution in [0.4, 0.5) is 0 Å². The lowest BCUT2D eigenvalue weighted by Gasteiger charge is -2.16. The molecule has 0 saturated heterocycles. The standard InChI is InChI=1S/C27H50N2O4S/c1-6-19-34-24(20-25(31)22(4)5)15-16-27(33)29-18-10-13-23(30)12-7-8-14-26(32)28-17-9-11-21(2)3/h21-22,24H,6-20H2,1-5H3,(H,28,32)(H,29,33). The van der Waals surface area contributed by atoms with Crippen LogP contribution < -0.4 is 10.6 Å². The third-order valence-electron chi connectivity index (χ3n) is 5.67. The minimum absolute atomic E-state index is 0.00838. The van der Waals surface area contributed by atoms with Gasteiger partial charge < -0.3 is 10.6 Å². The summed E-state index contributed by atoms with van der Waals surface area (Å²) in [5, 5.41) is 6.04. The molecule has 198 valence electrons. The molecule has 0 spiro atoms. The number of hydrogen-bond acceptors (Lipinski definition) is 5. The maximum atomic E-state index is 12.2. The van der Waals surface area contributed by atoms with Crippen molar-refractivity contribution in [1.82, 2.24) is 10.6 Å². The van der Waals surface area contributed by atoms with E-state index in [2.05, 4.69) is 31.4 Å². The molecule has 0 aromatic carbocycles. The molecule has 0 fully saturated rings. The number of Topliss-reactive ketones (excluding diaryl/α,β-unsaturated/α-hetero) is 2. The molecule has 34 heavy (non-hydrogen) atoms. The zero-order chi connectivity index (χ0) is 25.8. The van der Waals surface area contributed by atoms with E-state index in [1.165, 1.54) is 0 Å². The summed E-state index contributed by atoms with van der Waals surface area (Å²) in [6, 6.07) is 0. The maximum Gasteiger partial charge on any atom is 0.220 e. The minimum atomic E-state index is -0.00838. The molecular formula is C27H50N2O4S. The Morgan fingerprint density at radius 1 is 0.735 bits per heavy atom. The van der Waals surface area contributed by atoms with E-state index in [4.69, 9.17) is 0 Å². The number of hydrogen-bond donors (Lipinski definition) is 2. The molecular weight excluding hydrogens is 448 g/mol. The smallest absolute Gasteiger partial charge is 0.220 e. The lowest BCUT2D eigenvalue weighted by atomic mass is 10.0. The Bertz CT molecular complexity index is 593. The van der Waals surface area contributed by atoms with E-state index in [1.807, 2.05) is 13.8 Å². The fourth-order valence-electron chi connectivity index (χ4n) is 3.44. The second kappa shape index (κ2) is 21.0. The van der Waals surface area contributed by atoms with Crippen LogP contribution in [0.3, 0.4) is 0 Å². The average Bonchev–Trinajstić information content (AvgIpc) is 2.78. The quantitative estimate of drug-likeness (QED) is 0.193. The molecule has 0 rings (SSSR count). The second-order valence-corrected chi connectivity index (χ2v) is 11.4. The summed E-state index contributed by atoms with van der Waals surface area (Å²) in [6.07, 6.45) is 8.37. The normalized spacial score (nSPS) is 12.1. The number of carbonyl (C=O) groups is 4. The van der Waals surface area contributed by atoms with Gasteiger partial charge in [-0.2, -0.15) is 11.8 Å². The monoisotopic (exact) mass is 498 g/mol. The summed E-state index contributed by atoms with van der Waals surface area (Å²) in [5.74, 6) is 2.21. The van der Waals surface area contributed by atoms with Crippen molar-refractivity contribution in [2.45, 2.75) is 117 Å². The fourth-order valence-corrected chi connectivity index (χ4v) is 4.58. The Labute approximate surface area is 212 Å². The van der Waals surface area contributed by atoms with E-state index in [1.54, 1.807) is 11.8 Å². The summed E-state index contributed by atoms with van der Waals surface area (Å²) in [4.78, 5) is 48.0. The molecule has 0 saturated carbocycles. The van der Waals surface area contributed by atoms with E-state index in [-0.39, 0.29) is 34.5 Å². The third-order valence-corrected chi connectivity index (χ3v) is 7.19. The first-order valence-electron chi connectivity index (χ1n) is 13.3. The van der Waals surface area contributed by atoms with Crippen LogP contribution >= 0.6 is 11.8 Å². The molecule has 0 aliphatic rings. The van der Waals surface area contributed by atoms with Gasteiger partial charge in [-0.05, 0) is 56.6 Å². The van der Waals surface area contributed by atoms with Crippen LogP contribution in [0.5, 0.6) is 0 Å². The highest BCUT2D eigenvalue weighted by Crippen LogP contribution is 2.22. The molecule has 6 nitrogen and oxygen atoms in total. The van der Waals surface area contributed by atoms with E-state index >= 15 is 0 Å². The van der Waals surface area contributed by atoms with Crippen molar-refractivity contribution in [2.75, 3.05) is 18.8 Å². The van der Waals surface area contributed by atoms with E-state index < -0.39 is 0 Å². The molecule has 1 atom stereocenters.